The van der Waals surface area contributed by atoms with Crippen LogP contribution in [0.5, 0.6) is 0 Å². The molecule has 0 aliphatic rings. The van der Waals surface area contributed by atoms with Gasteiger partial charge in [0.2, 0.25) is 0 Å². The van der Waals surface area contributed by atoms with Gasteiger partial charge >= 0.3 is 0 Å². The molecular weight excluding hydrogens is 571 g/mol. The Hall–Kier alpha value is -5.09. The van der Waals surface area contributed by atoms with E-state index in [-0.39, 0.29) is 0 Å². The second-order valence-corrected chi connectivity index (χ2v) is 13.3. The lowest BCUT2D eigenvalue weighted by molar-refractivity contribution is 1.33. The number of fused-ring (bicyclic) bond motifs is 6. The molecule has 1 nitrogen and oxygen atoms in total. The summed E-state index contributed by atoms with van der Waals surface area (Å²) in [6.45, 7) is 0. The van der Waals surface area contributed by atoms with Crippen LogP contribution in [0.4, 0.5) is 0 Å². The SMILES string of the molecule is c1cc(-c2ccnc(-c3cccc(-c4cccc5c4sc4ccccc45)c3)c2)cc(-c2cccc3c2sc2ccccc23)c1. The molecule has 0 spiro atoms. The van der Waals surface area contributed by atoms with Crippen molar-refractivity contribution in [3.8, 4) is 44.6 Å². The van der Waals surface area contributed by atoms with Crippen LogP contribution in [-0.4, -0.2) is 4.98 Å². The highest BCUT2D eigenvalue weighted by atomic mass is 32.1. The standard InChI is InChI=1S/C41H25NS2/c1-3-19-38-33(13-1)35-17-7-15-31(40(35)43-38)28-10-5-9-26(23-28)27-21-22-42-37(25-27)30-12-6-11-29(24-30)32-16-8-18-36-34-14-2-4-20-39(34)44-41(32)36/h1-25H. The van der Waals surface area contributed by atoms with Gasteiger partial charge in [0.25, 0.3) is 0 Å². The van der Waals surface area contributed by atoms with E-state index < -0.39 is 0 Å². The first-order valence-corrected chi connectivity index (χ1v) is 16.4. The smallest absolute Gasteiger partial charge is 0.0708 e. The molecule has 0 fully saturated rings. The number of rotatable bonds is 4. The van der Waals surface area contributed by atoms with Crippen molar-refractivity contribution in [2.45, 2.75) is 0 Å². The number of thiophene rings is 2. The van der Waals surface area contributed by atoms with Gasteiger partial charge in [0, 0.05) is 52.1 Å². The number of aromatic nitrogens is 1. The molecule has 3 heterocycles. The molecule has 0 aliphatic carbocycles. The second kappa shape index (κ2) is 10.3. The third-order valence-corrected chi connectivity index (χ3v) is 11.0. The zero-order valence-corrected chi connectivity index (χ0v) is 25.3. The first-order chi connectivity index (χ1) is 21.8. The quantitative estimate of drug-likeness (QED) is 0.197. The molecule has 0 bridgehead atoms. The Balaban J connectivity index is 1.11. The molecule has 0 saturated carbocycles. The summed E-state index contributed by atoms with van der Waals surface area (Å²) >= 11 is 3.75. The lowest BCUT2D eigenvalue weighted by atomic mass is 9.96. The fourth-order valence-electron chi connectivity index (χ4n) is 6.43. The number of hydrogen-bond donors (Lipinski definition) is 0. The van der Waals surface area contributed by atoms with E-state index in [0.29, 0.717) is 0 Å². The Labute approximate surface area is 263 Å². The van der Waals surface area contributed by atoms with Crippen molar-refractivity contribution in [1.29, 1.82) is 0 Å². The molecular formula is C41H25NS2. The summed E-state index contributed by atoms with van der Waals surface area (Å²) in [5.41, 5.74) is 9.45. The number of nitrogens with zero attached hydrogens (tertiary/aromatic N) is 1. The van der Waals surface area contributed by atoms with Gasteiger partial charge in [0.15, 0.2) is 0 Å². The first-order valence-electron chi connectivity index (χ1n) is 14.8. The van der Waals surface area contributed by atoms with Crippen molar-refractivity contribution in [2.24, 2.45) is 0 Å². The normalized spacial score (nSPS) is 11.6. The van der Waals surface area contributed by atoms with Gasteiger partial charge in [0.1, 0.15) is 0 Å². The lowest BCUT2D eigenvalue weighted by Gasteiger charge is -2.10. The summed E-state index contributed by atoms with van der Waals surface area (Å²) in [5.74, 6) is 0. The van der Waals surface area contributed by atoms with E-state index in [9.17, 15) is 0 Å². The van der Waals surface area contributed by atoms with Gasteiger partial charge in [-0.3, -0.25) is 4.98 Å². The molecule has 9 rings (SSSR count). The second-order valence-electron chi connectivity index (χ2n) is 11.2. The van der Waals surface area contributed by atoms with E-state index in [2.05, 4.69) is 146 Å². The van der Waals surface area contributed by atoms with Crippen LogP contribution in [0.2, 0.25) is 0 Å². The van der Waals surface area contributed by atoms with Gasteiger partial charge < -0.3 is 0 Å². The van der Waals surface area contributed by atoms with Crippen molar-refractivity contribution in [3.05, 3.63) is 152 Å². The van der Waals surface area contributed by atoms with Crippen molar-refractivity contribution >= 4 is 63.0 Å². The number of hydrogen-bond acceptors (Lipinski definition) is 3. The van der Waals surface area contributed by atoms with Crippen LogP contribution in [0, 0.1) is 0 Å². The highest BCUT2D eigenvalue weighted by molar-refractivity contribution is 7.26. The molecule has 44 heavy (non-hydrogen) atoms. The summed E-state index contributed by atoms with van der Waals surface area (Å²) < 4.78 is 5.33. The minimum absolute atomic E-state index is 0.977. The molecule has 0 unspecified atom stereocenters. The van der Waals surface area contributed by atoms with Crippen molar-refractivity contribution in [1.82, 2.24) is 4.98 Å². The minimum Gasteiger partial charge on any atom is -0.256 e. The Kier molecular flexibility index (Phi) is 5.93. The fourth-order valence-corrected chi connectivity index (χ4v) is 8.91. The van der Waals surface area contributed by atoms with Crippen molar-refractivity contribution in [2.75, 3.05) is 0 Å². The third kappa shape index (κ3) is 4.16. The average molecular weight is 596 g/mol. The summed E-state index contributed by atoms with van der Waals surface area (Å²) in [6.07, 6.45) is 1.93. The average Bonchev–Trinajstić information content (AvgIpc) is 3.67. The Morgan fingerprint density at radius 1 is 0.364 bits per heavy atom. The maximum Gasteiger partial charge on any atom is 0.0708 e. The maximum atomic E-state index is 4.82. The largest absolute Gasteiger partial charge is 0.256 e. The summed E-state index contributed by atoms with van der Waals surface area (Å²) in [5, 5.41) is 5.30. The molecule has 6 aromatic carbocycles. The Morgan fingerprint density at radius 3 is 1.48 bits per heavy atom. The van der Waals surface area contributed by atoms with E-state index in [0.717, 1.165) is 16.8 Å². The summed E-state index contributed by atoms with van der Waals surface area (Å²) in [7, 11) is 0. The summed E-state index contributed by atoms with van der Waals surface area (Å²) in [4.78, 5) is 4.82. The van der Waals surface area contributed by atoms with Crippen LogP contribution < -0.4 is 0 Å². The molecule has 0 saturated heterocycles. The van der Waals surface area contributed by atoms with E-state index in [1.165, 1.54) is 68.2 Å². The predicted octanol–water partition coefficient (Wildman–Crippen LogP) is 12.5. The molecule has 3 aromatic heterocycles. The van der Waals surface area contributed by atoms with Crippen LogP contribution >= 0.6 is 22.7 Å². The third-order valence-electron chi connectivity index (χ3n) is 8.54. The minimum atomic E-state index is 0.977. The molecule has 206 valence electrons. The number of benzene rings is 6. The van der Waals surface area contributed by atoms with Gasteiger partial charge in [-0.25, -0.2) is 0 Å². The Morgan fingerprint density at radius 2 is 0.841 bits per heavy atom. The Bertz CT molecular complexity index is 2340. The maximum absolute atomic E-state index is 4.82. The van der Waals surface area contributed by atoms with Gasteiger partial charge in [-0.05, 0) is 69.8 Å². The first kappa shape index (κ1) is 25.4. The van der Waals surface area contributed by atoms with E-state index in [1.54, 1.807) is 0 Å². The van der Waals surface area contributed by atoms with E-state index in [1.807, 2.05) is 28.9 Å². The van der Waals surface area contributed by atoms with E-state index in [4.69, 9.17) is 4.98 Å². The zero-order chi connectivity index (χ0) is 29.0. The van der Waals surface area contributed by atoms with Gasteiger partial charge in [-0.1, -0.05) is 109 Å². The van der Waals surface area contributed by atoms with E-state index >= 15 is 0 Å². The lowest BCUT2D eigenvalue weighted by Crippen LogP contribution is -1.87. The molecule has 0 radical (unpaired) electrons. The highest BCUT2D eigenvalue weighted by Crippen LogP contribution is 2.42. The number of pyridine rings is 1. The van der Waals surface area contributed by atoms with Crippen LogP contribution in [-0.2, 0) is 0 Å². The highest BCUT2D eigenvalue weighted by Gasteiger charge is 2.13. The van der Waals surface area contributed by atoms with Gasteiger partial charge in [-0.2, -0.15) is 0 Å². The molecule has 0 atom stereocenters. The van der Waals surface area contributed by atoms with Gasteiger partial charge in [0.05, 0.1) is 5.69 Å². The summed E-state index contributed by atoms with van der Waals surface area (Å²) in [6, 6.07) is 52.8. The van der Waals surface area contributed by atoms with Gasteiger partial charge in [-0.15, -0.1) is 22.7 Å². The monoisotopic (exact) mass is 595 g/mol. The van der Waals surface area contributed by atoms with Crippen LogP contribution in [0.1, 0.15) is 0 Å². The zero-order valence-electron chi connectivity index (χ0n) is 23.7. The molecule has 0 aliphatic heterocycles. The molecule has 0 N–H and O–H groups in total. The fraction of sp³-hybridized carbons (Fsp3) is 0. The molecule has 3 heteroatoms. The van der Waals surface area contributed by atoms with Crippen LogP contribution in [0.3, 0.4) is 0 Å². The topological polar surface area (TPSA) is 12.9 Å². The van der Waals surface area contributed by atoms with Crippen LogP contribution in [0.25, 0.3) is 85.0 Å². The van der Waals surface area contributed by atoms with Crippen molar-refractivity contribution in [3.63, 3.8) is 0 Å². The predicted molar refractivity (Wildman–Crippen MR) is 192 cm³/mol. The van der Waals surface area contributed by atoms with Crippen molar-refractivity contribution < 1.29 is 0 Å². The molecule has 9 aromatic rings. The molecule has 0 amide bonds. The van der Waals surface area contributed by atoms with Crippen LogP contribution in [0.15, 0.2) is 152 Å².